The van der Waals surface area contributed by atoms with Crippen LogP contribution in [0.25, 0.3) is 11.3 Å². The van der Waals surface area contributed by atoms with Crippen LogP contribution in [0.1, 0.15) is 11.1 Å². The van der Waals surface area contributed by atoms with Crippen LogP contribution in [0.5, 0.6) is 11.5 Å². The molecule has 3 heterocycles. The number of amidine groups is 1. The van der Waals surface area contributed by atoms with Gasteiger partial charge in [-0.3, -0.25) is 4.98 Å². The fourth-order valence-corrected chi connectivity index (χ4v) is 3.54. The summed E-state index contributed by atoms with van der Waals surface area (Å²) in [5.74, 6) is 1.46. The van der Waals surface area contributed by atoms with E-state index >= 15 is 0 Å². The minimum atomic E-state index is -0.694. The van der Waals surface area contributed by atoms with Gasteiger partial charge in [-0.2, -0.15) is 0 Å². The number of aromatic nitrogens is 1. The van der Waals surface area contributed by atoms with Gasteiger partial charge < -0.3 is 15.2 Å². The Morgan fingerprint density at radius 3 is 2.52 bits per heavy atom. The van der Waals surface area contributed by atoms with E-state index in [1.165, 1.54) is 0 Å². The van der Waals surface area contributed by atoms with E-state index in [1.54, 1.807) is 6.20 Å². The van der Waals surface area contributed by atoms with Crippen LogP contribution in [0, 0.1) is 0 Å². The van der Waals surface area contributed by atoms with Gasteiger partial charge in [-0.25, -0.2) is 4.99 Å². The summed E-state index contributed by atoms with van der Waals surface area (Å²) < 4.78 is 11.8. The van der Waals surface area contributed by atoms with E-state index in [0.717, 1.165) is 28.1 Å². The van der Waals surface area contributed by atoms with E-state index in [-0.39, 0.29) is 6.02 Å². The molecule has 5 rings (SSSR count). The number of hydrogen-bond acceptors (Lipinski definition) is 5. The lowest BCUT2D eigenvalue weighted by Crippen LogP contribution is -2.31. The third-order valence-electron chi connectivity index (χ3n) is 4.67. The number of pyridine rings is 1. The fraction of sp³-hybridized carbons (Fsp3) is 0.100. The van der Waals surface area contributed by atoms with Gasteiger partial charge in [-0.1, -0.05) is 48.5 Å². The maximum Gasteiger partial charge on any atom is 0.283 e. The van der Waals surface area contributed by atoms with Gasteiger partial charge in [0.15, 0.2) is 11.3 Å². The molecule has 5 nitrogen and oxygen atoms in total. The molecule has 2 aliphatic heterocycles. The topological polar surface area (TPSA) is 69.7 Å². The van der Waals surface area contributed by atoms with E-state index in [9.17, 15) is 0 Å². The predicted octanol–water partition coefficient (Wildman–Crippen LogP) is 3.44. The van der Waals surface area contributed by atoms with E-state index in [2.05, 4.69) is 9.98 Å². The summed E-state index contributed by atoms with van der Waals surface area (Å²) in [4.78, 5) is 9.22. The zero-order valence-electron chi connectivity index (χ0n) is 13.3. The van der Waals surface area contributed by atoms with Crippen molar-refractivity contribution in [1.29, 1.82) is 0 Å². The van der Waals surface area contributed by atoms with Crippen molar-refractivity contribution in [3.63, 3.8) is 0 Å². The number of ether oxygens (including phenoxy) is 2. The molecule has 1 aromatic heterocycles. The van der Waals surface area contributed by atoms with Crippen molar-refractivity contribution in [3.05, 3.63) is 78.0 Å². The quantitative estimate of drug-likeness (QED) is 0.742. The molecule has 0 saturated carbocycles. The summed E-state index contributed by atoms with van der Waals surface area (Å²) in [5.41, 5.74) is 8.83. The maximum absolute atomic E-state index is 6.26. The third-order valence-corrected chi connectivity index (χ3v) is 4.67. The van der Waals surface area contributed by atoms with Gasteiger partial charge in [0.05, 0.1) is 0 Å². The van der Waals surface area contributed by atoms with Crippen LogP contribution in [0.2, 0.25) is 0 Å². The summed E-state index contributed by atoms with van der Waals surface area (Å²) in [6.07, 6.45) is 1.78. The molecular weight excluding hydrogens is 314 g/mol. The summed E-state index contributed by atoms with van der Waals surface area (Å²) >= 11 is 0. The second-order valence-corrected chi connectivity index (χ2v) is 6.10. The first-order valence-electron chi connectivity index (χ1n) is 8.08. The molecule has 0 aliphatic carbocycles. The van der Waals surface area contributed by atoms with Crippen LogP contribution in [-0.4, -0.2) is 17.6 Å². The van der Waals surface area contributed by atoms with Crippen LogP contribution in [-0.2, 0) is 10.3 Å². The number of para-hydroxylation sites is 1. The van der Waals surface area contributed by atoms with Gasteiger partial charge in [0.1, 0.15) is 18.1 Å². The van der Waals surface area contributed by atoms with Crippen LogP contribution < -0.4 is 10.5 Å². The average Bonchev–Trinajstić information content (AvgIpc) is 3.05. The number of nitrogens with zero attached hydrogens (tertiary/aromatic N) is 2. The van der Waals surface area contributed by atoms with Crippen LogP contribution in [0.4, 0.5) is 0 Å². The molecule has 2 aliphatic rings. The first-order valence-corrected chi connectivity index (χ1v) is 8.08. The molecule has 5 heteroatoms. The Morgan fingerprint density at radius 2 is 1.72 bits per heavy atom. The number of aliphatic imine (C=N–C) groups is 1. The molecule has 0 fully saturated rings. The molecule has 2 aromatic carbocycles. The Morgan fingerprint density at radius 1 is 0.920 bits per heavy atom. The maximum atomic E-state index is 6.26. The molecule has 1 unspecified atom stereocenters. The predicted molar refractivity (Wildman–Crippen MR) is 94.5 cm³/mol. The average molecular weight is 329 g/mol. The second-order valence-electron chi connectivity index (χ2n) is 6.10. The molecule has 25 heavy (non-hydrogen) atoms. The highest BCUT2D eigenvalue weighted by Gasteiger charge is 2.47. The smallest absolute Gasteiger partial charge is 0.283 e. The van der Waals surface area contributed by atoms with Gasteiger partial charge in [-0.15, -0.1) is 0 Å². The number of hydrogen-bond donors (Lipinski definition) is 1. The lowest BCUT2D eigenvalue weighted by atomic mass is 9.81. The Labute approximate surface area is 144 Å². The van der Waals surface area contributed by atoms with E-state index in [4.69, 9.17) is 15.2 Å². The fourth-order valence-electron chi connectivity index (χ4n) is 3.54. The zero-order chi connectivity index (χ0) is 16.9. The van der Waals surface area contributed by atoms with E-state index < -0.39 is 5.54 Å². The monoisotopic (exact) mass is 329 g/mol. The minimum Gasteiger partial charge on any atom is -0.462 e. The molecule has 1 atom stereocenters. The molecule has 0 bridgehead atoms. The lowest BCUT2D eigenvalue weighted by molar-refractivity contribution is 0.264. The normalized spacial score (nSPS) is 20.2. The summed E-state index contributed by atoms with van der Waals surface area (Å²) in [6.45, 7) is 0.352. The van der Waals surface area contributed by atoms with Crippen LogP contribution in [0.3, 0.4) is 0 Å². The van der Waals surface area contributed by atoms with Crippen molar-refractivity contribution in [2.75, 3.05) is 6.61 Å². The van der Waals surface area contributed by atoms with Crippen molar-refractivity contribution in [3.8, 4) is 22.8 Å². The number of rotatable bonds is 1. The minimum absolute atomic E-state index is 0.195. The summed E-state index contributed by atoms with van der Waals surface area (Å²) in [7, 11) is 0. The van der Waals surface area contributed by atoms with Gasteiger partial charge in [-0.05, 0) is 12.1 Å². The van der Waals surface area contributed by atoms with Crippen molar-refractivity contribution in [2.24, 2.45) is 10.7 Å². The Bertz CT molecular complexity index is 1000. The molecular formula is C20H15N3O2. The van der Waals surface area contributed by atoms with E-state index in [1.807, 2.05) is 60.7 Å². The summed E-state index contributed by atoms with van der Waals surface area (Å²) in [6, 6.07) is 20.0. The van der Waals surface area contributed by atoms with Crippen molar-refractivity contribution in [1.82, 2.24) is 4.98 Å². The SMILES string of the molecule is NC1=NC2(CO1)c1ccccc1Oc1c2ccnc1-c1ccccc1. The Kier molecular flexibility index (Phi) is 2.85. The van der Waals surface area contributed by atoms with Gasteiger partial charge in [0.2, 0.25) is 0 Å². The zero-order valence-corrected chi connectivity index (χ0v) is 13.3. The molecule has 0 amide bonds. The molecule has 1 spiro atoms. The highest BCUT2D eigenvalue weighted by Crippen LogP contribution is 2.52. The van der Waals surface area contributed by atoms with E-state index in [0.29, 0.717) is 12.4 Å². The van der Waals surface area contributed by atoms with Gasteiger partial charge >= 0.3 is 0 Å². The van der Waals surface area contributed by atoms with Crippen LogP contribution >= 0.6 is 0 Å². The van der Waals surface area contributed by atoms with Crippen molar-refractivity contribution < 1.29 is 9.47 Å². The second kappa shape index (κ2) is 5.08. The lowest BCUT2D eigenvalue weighted by Gasteiger charge is -2.33. The standard InChI is InChI=1S/C20H15N3O2/c21-19-23-20(12-24-19)14-8-4-5-9-16(14)25-18-15(20)10-11-22-17(18)13-6-2-1-3-7-13/h1-11H,12H2,(H2,21,23). The molecule has 0 radical (unpaired) electrons. The molecule has 0 saturated heterocycles. The number of benzene rings is 2. The first kappa shape index (κ1) is 14.0. The van der Waals surface area contributed by atoms with Crippen LogP contribution in [0.15, 0.2) is 71.9 Å². The van der Waals surface area contributed by atoms with Crippen molar-refractivity contribution in [2.45, 2.75) is 5.54 Å². The van der Waals surface area contributed by atoms with Gasteiger partial charge in [0, 0.05) is 22.9 Å². The number of fused-ring (bicyclic) bond motifs is 4. The summed E-state index contributed by atoms with van der Waals surface area (Å²) in [5, 5.41) is 0. The first-order chi connectivity index (χ1) is 12.3. The highest BCUT2D eigenvalue weighted by atomic mass is 16.5. The molecule has 3 aromatic rings. The molecule has 2 N–H and O–H groups in total. The Hall–Kier alpha value is -3.34. The number of nitrogens with two attached hydrogens (primary N) is 1. The van der Waals surface area contributed by atoms with Gasteiger partial charge in [0.25, 0.3) is 6.02 Å². The Balaban J connectivity index is 1.81. The highest BCUT2D eigenvalue weighted by molar-refractivity contribution is 5.78. The van der Waals surface area contributed by atoms with Crippen molar-refractivity contribution >= 4 is 6.02 Å². The molecule has 122 valence electrons. The largest absolute Gasteiger partial charge is 0.462 e. The third kappa shape index (κ3) is 1.96.